The van der Waals surface area contributed by atoms with Gasteiger partial charge in [-0.15, -0.1) is 0 Å². The maximum absolute atomic E-state index is 14.8. The molecule has 1 saturated heterocycles. The van der Waals surface area contributed by atoms with Crippen LogP contribution >= 0.6 is 0 Å². The monoisotopic (exact) mass is 650 g/mol. The number of fused-ring (bicyclic) bond motifs is 6. The number of nitrogens with zero attached hydrogens (tertiary/aromatic N) is 9. The van der Waals surface area contributed by atoms with Crippen LogP contribution in [0.2, 0.25) is 0 Å². The van der Waals surface area contributed by atoms with E-state index in [1.807, 2.05) is 46.5 Å². The standard InChI is InChI=1S/C34H32F2N10O2/c1-48-14-13-43-11-4-12-44-20-39-27-7-2-5-23(31(27)44)26-6-3-8-30(42-26)41-22-16-29(34(43)47)45(18-22)32-24-17-40-46(33(24)38-19-37-32)28-10-9-21(35)15-25(28)36/h2-3,5-10,15,17,19-20,22,29H,4,11-14,16,18H2,1H3,(H,41,42)/t22-,29-/m0/s1. The van der Waals surface area contributed by atoms with Crippen LogP contribution in [0.5, 0.6) is 0 Å². The van der Waals surface area contributed by atoms with Crippen molar-refractivity contribution in [3.8, 4) is 16.9 Å². The number of aromatic nitrogens is 7. The Morgan fingerprint density at radius 3 is 2.81 bits per heavy atom. The lowest BCUT2D eigenvalue weighted by Crippen LogP contribution is -2.47. The number of rotatable bonds is 5. The van der Waals surface area contributed by atoms with Crippen LogP contribution in [0, 0.1) is 11.6 Å². The Kier molecular flexibility index (Phi) is 7.63. The number of benzene rings is 2. The number of pyridine rings is 1. The van der Waals surface area contributed by atoms with Crippen molar-refractivity contribution in [2.24, 2.45) is 0 Å². The highest BCUT2D eigenvalue weighted by Gasteiger charge is 2.41. The largest absolute Gasteiger partial charge is 0.383 e. The summed E-state index contributed by atoms with van der Waals surface area (Å²) in [4.78, 5) is 37.0. The van der Waals surface area contributed by atoms with E-state index >= 15 is 0 Å². The van der Waals surface area contributed by atoms with Gasteiger partial charge in [0.2, 0.25) is 5.91 Å². The molecule has 4 bridgehead atoms. The molecule has 0 aliphatic carbocycles. The third-order valence-electron chi connectivity index (χ3n) is 9.06. The molecule has 2 aliphatic rings. The SMILES string of the molecule is COCCN1CCCn2cnc3cccc(c32)-c2cccc(n2)N[C@H]2C[C@@H](C1=O)N(c1ncnc3c1cnn3-c1ccc(F)cc1F)C2. The molecule has 0 unspecified atom stereocenters. The molecular weight excluding hydrogens is 618 g/mol. The molecule has 14 heteroatoms. The van der Waals surface area contributed by atoms with Gasteiger partial charge < -0.3 is 24.4 Å². The smallest absolute Gasteiger partial charge is 0.245 e. The van der Waals surface area contributed by atoms with Gasteiger partial charge in [-0.3, -0.25) is 4.79 Å². The summed E-state index contributed by atoms with van der Waals surface area (Å²) in [5, 5.41) is 8.52. The first-order valence-corrected chi connectivity index (χ1v) is 15.8. The van der Waals surface area contributed by atoms with Crippen LogP contribution in [0.3, 0.4) is 0 Å². The fourth-order valence-corrected chi connectivity index (χ4v) is 6.85. The number of carbonyl (C=O) groups is 1. The van der Waals surface area contributed by atoms with Crippen LogP contribution in [-0.2, 0) is 16.1 Å². The zero-order chi connectivity index (χ0) is 32.8. The van der Waals surface area contributed by atoms with E-state index in [-0.39, 0.29) is 17.6 Å². The van der Waals surface area contributed by atoms with E-state index in [9.17, 15) is 13.6 Å². The second-order valence-corrected chi connectivity index (χ2v) is 12.0. The summed E-state index contributed by atoms with van der Waals surface area (Å²) in [6.45, 7) is 2.42. The maximum atomic E-state index is 14.8. The molecule has 8 rings (SSSR count). The minimum atomic E-state index is -0.769. The van der Waals surface area contributed by atoms with Crippen LogP contribution in [0.25, 0.3) is 39.0 Å². The summed E-state index contributed by atoms with van der Waals surface area (Å²) >= 11 is 0. The maximum Gasteiger partial charge on any atom is 0.245 e. The van der Waals surface area contributed by atoms with E-state index in [2.05, 4.69) is 36.0 Å². The van der Waals surface area contributed by atoms with Crippen molar-refractivity contribution >= 4 is 39.6 Å². The summed E-state index contributed by atoms with van der Waals surface area (Å²) < 4.78 is 37.4. The molecule has 1 amide bonds. The van der Waals surface area contributed by atoms with Crippen molar-refractivity contribution in [2.75, 3.05) is 43.6 Å². The second-order valence-electron chi connectivity index (χ2n) is 12.0. The van der Waals surface area contributed by atoms with Crippen molar-refractivity contribution < 1.29 is 18.3 Å². The van der Waals surface area contributed by atoms with Gasteiger partial charge in [0.15, 0.2) is 11.5 Å². The third kappa shape index (κ3) is 5.27. The van der Waals surface area contributed by atoms with E-state index in [4.69, 9.17) is 9.72 Å². The first-order valence-electron chi connectivity index (χ1n) is 15.8. The van der Waals surface area contributed by atoms with Crippen molar-refractivity contribution in [1.82, 2.24) is 39.2 Å². The van der Waals surface area contributed by atoms with Crippen molar-refractivity contribution in [3.63, 3.8) is 0 Å². The number of methoxy groups -OCH3 is 1. The highest BCUT2D eigenvalue weighted by Crippen LogP contribution is 2.34. The van der Waals surface area contributed by atoms with E-state index in [1.165, 1.54) is 23.1 Å². The van der Waals surface area contributed by atoms with Gasteiger partial charge in [-0.25, -0.2) is 33.4 Å². The van der Waals surface area contributed by atoms with Gasteiger partial charge in [0.1, 0.15) is 35.5 Å². The van der Waals surface area contributed by atoms with Crippen LogP contribution in [0.15, 0.2) is 73.4 Å². The molecule has 2 aromatic carbocycles. The number of hydrogen-bond donors (Lipinski definition) is 1. The van der Waals surface area contributed by atoms with Crippen molar-refractivity contribution in [2.45, 2.75) is 31.5 Å². The van der Waals surface area contributed by atoms with Crippen LogP contribution in [0.1, 0.15) is 12.8 Å². The van der Waals surface area contributed by atoms with Gasteiger partial charge in [0, 0.05) is 51.0 Å². The number of anilines is 2. The third-order valence-corrected chi connectivity index (χ3v) is 9.06. The number of halogens is 2. The predicted molar refractivity (Wildman–Crippen MR) is 176 cm³/mol. The Labute approximate surface area is 274 Å². The molecule has 1 N–H and O–H groups in total. The van der Waals surface area contributed by atoms with Crippen LogP contribution < -0.4 is 10.2 Å². The molecule has 0 saturated carbocycles. The molecule has 6 heterocycles. The number of nitrogens with one attached hydrogen (secondary N) is 1. The molecule has 0 radical (unpaired) electrons. The number of carbonyl (C=O) groups excluding carboxylic acids is 1. The Balaban J connectivity index is 1.21. The van der Waals surface area contributed by atoms with Gasteiger partial charge in [0.25, 0.3) is 0 Å². The number of hydrogen-bond acceptors (Lipinski definition) is 9. The van der Waals surface area contributed by atoms with E-state index in [0.717, 1.165) is 28.4 Å². The fraction of sp³-hybridized carbons (Fsp3) is 0.294. The van der Waals surface area contributed by atoms with Crippen molar-refractivity contribution in [3.05, 3.63) is 85.1 Å². The molecule has 0 spiro atoms. The topological polar surface area (TPSA) is 119 Å². The Morgan fingerprint density at radius 2 is 1.94 bits per heavy atom. The average Bonchev–Trinajstić information content (AvgIpc) is 3.83. The number of aryl methyl sites for hydroxylation is 1. The molecule has 48 heavy (non-hydrogen) atoms. The second kappa shape index (κ2) is 12.3. The lowest BCUT2D eigenvalue weighted by molar-refractivity contribution is -0.133. The van der Waals surface area contributed by atoms with E-state index < -0.39 is 17.7 Å². The average molecular weight is 651 g/mol. The Hall–Kier alpha value is -5.50. The molecule has 244 valence electrons. The number of para-hydroxylation sites is 1. The number of imidazole rings is 1. The molecule has 6 aromatic rings. The molecule has 1 fully saturated rings. The zero-order valence-corrected chi connectivity index (χ0v) is 26.1. The molecule has 2 aliphatic heterocycles. The van der Waals surface area contributed by atoms with Crippen LogP contribution in [0.4, 0.5) is 20.4 Å². The van der Waals surface area contributed by atoms with Gasteiger partial charge in [0.05, 0.1) is 41.2 Å². The predicted octanol–water partition coefficient (Wildman–Crippen LogP) is 4.44. The summed E-state index contributed by atoms with van der Waals surface area (Å²) in [5.41, 5.74) is 4.10. The molecule has 4 aromatic heterocycles. The van der Waals surface area contributed by atoms with Crippen molar-refractivity contribution in [1.29, 1.82) is 0 Å². The lowest BCUT2D eigenvalue weighted by Gasteiger charge is -2.31. The van der Waals surface area contributed by atoms with Crippen LogP contribution in [-0.4, -0.2) is 90.5 Å². The molecular formula is C34H32F2N10O2. The fourth-order valence-electron chi connectivity index (χ4n) is 6.85. The van der Waals surface area contributed by atoms with Gasteiger partial charge in [-0.05, 0) is 43.2 Å². The normalized spacial score (nSPS) is 18.3. The van der Waals surface area contributed by atoms with Gasteiger partial charge in [-0.1, -0.05) is 18.2 Å². The summed E-state index contributed by atoms with van der Waals surface area (Å²) in [6, 6.07) is 14.5. The minimum Gasteiger partial charge on any atom is -0.383 e. The highest BCUT2D eigenvalue weighted by molar-refractivity contribution is 5.93. The zero-order valence-electron chi connectivity index (χ0n) is 26.1. The Morgan fingerprint density at radius 1 is 1.04 bits per heavy atom. The minimum absolute atomic E-state index is 0.0483. The van der Waals surface area contributed by atoms with E-state index in [0.29, 0.717) is 68.3 Å². The Bertz CT molecular complexity index is 2150. The van der Waals surface area contributed by atoms with E-state index in [1.54, 1.807) is 13.3 Å². The molecule has 12 nitrogen and oxygen atoms in total. The number of amides is 1. The quantitative estimate of drug-likeness (QED) is 0.289. The highest BCUT2D eigenvalue weighted by atomic mass is 19.1. The summed E-state index contributed by atoms with van der Waals surface area (Å²) in [5.74, 6) is -0.318. The lowest BCUT2D eigenvalue weighted by atomic mass is 10.1. The van der Waals surface area contributed by atoms with Gasteiger partial charge in [-0.2, -0.15) is 5.10 Å². The summed E-state index contributed by atoms with van der Waals surface area (Å²) in [7, 11) is 1.62. The number of ether oxygens (including phenoxy) is 1. The summed E-state index contributed by atoms with van der Waals surface area (Å²) in [6.07, 6.45) is 5.96. The first-order chi connectivity index (χ1) is 23.5. The van der Waals surface area contributed by atoms with Gasteiger partial charge >= 0.3 is 0 Å². The molecule has 2 atom stereocenters. The first kappa shape index (κ1) is 29.9.